The van der Waals surface area contributed by atoms with E-state index in [1.807, 2.05) is 0 Å². The first-order chi connectivity index (χ1) is 7.11. The molecule has 0 bridgehead atoms. The van der Waals surface area contributed by atoms with Crippen molar-refractivity contribution in [3.63, 3.8) is 0 Å². The van der Waals surface area contributed by atoms with E-state index in [0.29, 0.717) is 0 Å². The van der Waals surface area contributed by atoms with Gasteiger partial charge >= 0.3 is 0 Å². The second-order valence-electron chi connectivity index (χ2n) is 4.47. The first kappa shape index (κ1) is 14.9. The lowest BCUT2D eigenvalue weighted by molar-refractivity contribution is 0.268. The van der Waals surface area contributed by atoms with Crippen molar-refractivity contribution in [1.82, 2.24) is 10.2 Å². The third-order valence-electron chi connectivity index (χ3n) is 3.13. The normalized spacial score (nSPS) is 15.6. The number of likely N-dealkylation sites (N-methyl/N-ethyl adjacent to an activating group) is 1. The van der Waals surface area contributed by atoms with E-state index in [2.05, 4.69) is 37.9 Å². The third-order valence-corrected chi connectivity index (χ3v) is 3.13. The molecule has 0 radical (unpaired) electrons. The highest BCUT2D eigenvalue weighted by Gasteiger charge is 2.19. The molecule has 0 spiro atoms. The highest BCUT2D eigenvalue weighted by molar-refractivity contribution is 4.83. The van der Waals surface area contributed by atoms with Crippen LogP contribution in [-0.4, -0.2) is 43.2 Å². The van der Waals surface area contributed by atoms with Crippen LogP contribution in [0.25, 0.3) is 0 Å². The van der Waals surface area contributed by atoms with E-state index in [1.165, 1.54) is 6.42 Å². The van der Waals surface area contributed by atoms with Crippen LogP contribution in [0.5, 0.6) is 0 Å². The van der Waals surface area contributed by atoms with Crippen molar-refractivity contribution in [3.05, 3.63) is 0 Å². The van der Waals surface area contributed by atoms with Crippen molar-refractivity contribution in [2.45, 2.75) is 46.1 Å². The summed E-state index contributed by atoms with van der Waals surface area (Å²) in [6, 6.07) is 0. The second kappa shape index (κ2) is 8.08. The van der Waals surface area contributed by atoms with Gasteiger partial charge in [0.25, 0.3) is 0 Å². The lowest BCUT2D eigenvalue weighted by Gasteiger charge is -2.30. The summed E-state index contributed by atoms with van der Waals surface area (Å²) in [6.45, 7) is 14.0. The van der Waals surface area contributed by atoms with E-state index in [4.69, 9.17) is 5.73 Å². The summed E-state index contributed by atoms with van der Waals surface area (Å²) in [5.41, 5.74) is 5.93. The molecule has 3 nitrogen and oxygen atoms in total. The van der Waals surface area contributed by atoms with Gasteiger partial charge in [-0.15, -0.1) is 0 Å². The topological polar surface area (TPSA) is 41.3 Å². The summed E-state index contributed by atoms with van der Waals surface area (Å²) in [5, 5.41) is 3.58. The van der Waals surface area contributed by atoms with Crippen LogP contribution in [-0.2, 0) is 0 Å². The van der Waals surface area contributed by atoms with Crippen molar-refractivity contribution in [2.75, 3.05) is 32.7 Å². The summed E-state index contributed by atoms with van der Waals surface area (Å²) in [5.74, 6) is 0. The van der Waals surface area contributed by atoms with Gasteiger partial charge in [-0.1, -0.05) is 27.2 Å². The molecular formula is C12H29N3. The molecule has 3 heteroatoms. The van der Waals surface area contributed by atoms with Gasteiger partial charge in [0.1, 0.15) is 0 Å². The molecule has 0 aliphatic carbocycles. The maximum absolute atomic E-state index is 5.80. The molecule has 0 heterocycles. The fourth-order valence-electron chi connectivity index (χ4n) is 1.87. The standard InChI is InChI=1S/C12H29N3/c1-5-8-12(4,11-13)14-9-10-15(6-2)7-3/h14H,5-11,13H2,1-4H3. The highest BCUT2D eigenvalue weighted by atomic mass is 15.1. The van der Waals surface area contributed by atoms with Gasteiger partial charge in [-0.05, 0) is 26.4 Å². The minimum atomic E-state index is 0.127. The van der Waals surface area contributed by atoms with Crippen LogP contribution in [0.3, 0.4) is 0 Å². The van der Waals surface area contributed by atoms with Crippen LogP contribution in [0, 0.1) is 0 Å². The molecule has 0 aliphatic heterocycles. The van der Waals surface area contributed by atoms with Gasteiger partial charge in [-0.25, -0.2) is 0 Å². The third kappa shape index (κ3) is 6.13. The summed E-state index contributed by atoms with van der Waals surface area (Å²) in [6.07, 6.45) is 2.34. The summed E-state index contributed by atoms with van der Waals surface area (Å²) in [7, 11) is 0. The average molecular weight is 215 g/mol. The van der Waals surface area contributed by atoms with E-state index in [0.717, 1.165) is 39.1 Å². The van der Waals surface area contributed by atoms with Gasteiger partial charge in [0.2, 0.25) is 0 Å². The Morgan fingerprint density at radius 2 is 1.80 bits per heavy atom. The van der Waals surface area contributed by atoms with Crippen molar-refractivity contribution in [3.8, 4) is 0 Å². The highest BCUT2D eigenvalue weighted by Crippen LogP contribution is 2.09. The fraction of sp³-hybridized carbons (Fsp3) is 1.00. The first-order valence-corrected chi connectivity index (χ1v) is 6.29. The fourth-order valence-corrected chi connectivity index (χ4v) is 1.87. The Morgan fingerprint density at radius 3 is 2.20 bits per heavy atom. The molecule has 3 N–H and O–H groups in total. The van der Waals surface area contributed by atoms with Crippen molar-refractivity contribution in [2.24, 2.45) is 5.73 Å². The Kier molecular flexibility index (Phi) is 8.02. The molecule has 0 saturated carbocycles. The molecule has 0 aliphatic rings. The van der Waals surface area contributed by atoms with Gasteiger partial charge in [-0.2, -0.15) is 0 Å². The number of nitrogens with zero attached hydrogens (tertiary/aromatic N) is 1. The summed E-state index contributed by atoms with van der Waals surface area (Å²) >= 11 is 0. The van der Waals surface area contributed by atoms with Gasteiger partial charge in [0, 0.05) is 25.2 Å². The maximum atomic E-state index is 5.80. The zero-order valence-electron chi connectivity index (χ0n) is 11.0. The Balaban J connectivity index is 3.80. The van der Waals surface area contributed by atoms with Gasteiger partial charge in [-0.3, -0.25) is 0 Å². The molecular weight excluding hydrogens is 186 g/mol. The van der Waals surface area contributed by atoms with Crippen LogP contribution < -0.4 is 11.1 Å². The quantitative estimate of drug-likeness (QED) is 0.611. The minimum Gasteiger partial charge on any atom is -0.329 e. The van der Waals surface area contributed by atoms with Crippen molar-refractivity contribution >= 4 is 0 Å². The Hall–Kier alpha value is -0.120. The molecule has 0 rings (SSSR count). The largest absolute Gasteiger partial charge is 0.329 e. The molecule has 0 saturated heterocycles. The van der Waals surface area contributed by atoms with E-state index < -0.39 is 0 Å². The molecule has 15 heavy (non-hydrogen) atoms. The molecule has 0 amide bonds. The monoisotopic (exact) mass is 215 g/mol. The summed E-state index contributed by atoms with van der Waals surface area (Å²) in [4.78, 5) is 2.43. The number of nitrogens with one attached hydrogen (secondary N) is 1. The summed E-state index contributed by atoms with van der Waals surface area (Å²) < 4.78 is 0. The van der Waals surface area contributed by atoms with Gasteiger partial charge < -0.3 is 16.0 Å². The van der Waals surface area contributed by atoms with Crippen LogP contribution in [0.1, 0.15) is 40.5 Å². The van der Waals surface area contributed by atoms with Gasteiger partial charge in [0.05, 0.1) is 0 Å². The van der Waals surface area contributed by atoms with Crippen LogP contribution in [0.15, 0.2) is 0 Å². The number of hydrogen-bond acceptors (Lipinski definition) is 3. The lowest BCUT2D eigenvalue weighted by Crippen LogP contribution is -2.50. The van der Waals surface area contributed by atoms with Crippen LogP contribution in [0.4, 0.5) is 0 Å². The lowest BCUT2D eigenvalue weighted by atomic mass is 9.96. The zero-order valence-corrected chi connectivity index (χ0v) is 11.0. The Morgan fingerprint density at radius 1 is 1.20 bits per heavy atom. The molecule has 0 aromatic heterocycles. The average Bonchev–Trinajstić information content (AvgIpc) is 2.25. The van der Waals surface area contributed by atoms with Gasteiger partial charge in [0.15, 0.2) is 0 Å². The molecule has 0 fully saturated rings. The Bertz CT molecular complexity index is 146. The number of hydrogen-bond donors (Lipinski definition) is 2. The predicted molar refractivity (Wildman–Crippen MR) is 68.2 cm³/mol. The van der Waals surface area contributed by atoms with E-state index in [9.17, 15) is 0 Å². The molecule has 0 aromatic rings. The maximum Gasteiger partial charge on any atom is 0.0276 e. The molecule has 92 valence electrons. The van der Waals surface area contributed by atoms with Crippen molar-refractivity contribution < 1.29 is 0 Å². The van der Waals surface area contributed by atoms with E-state index >= 15 is 0 Å². The minimum absolute atomic E-state index is 0.127. The zero-order chi connectivity index (χ0) is 11.7. The number of rotatable bonds is 9. The number of nitrogens with two attached hydrogens (primary N) is 1. The smallest absolute Gasteiger partial charge is 0.0276 e. The van der Waals surface area contributed by atoms with E-state index in [-0.39, 0.29) is 5.54 Å². The second-order valence-corrected chi connectivity index (χ2v) is 4.47. The van der Waals surface area contributed by atoms with E-state index in [1.54, 1.807) is 0 Å². The molecule has 0 aromatic carbocycles. The molecule has 1 unspecified atom stereocenters. The SMILES string of the molecule is CCCC(C)(CN)NCCN(CC)CC. The van der Waals surface area contributed by atoms with Crippen molar-refractivity contribution in [1.29, 1.82) is 0 Å². The molecule has 1 atom stereocenters. The Labute approximate surface area is 95.4 Å². The van der Waals surface area contributed by atoms with Crippen LogP contribution >= 0.6 is 0 Å². The van der Waals surface area contributed by atoms with Crippen LogP contribution in [0.2, 0.25) is 0 Å². The first-order valence-electron chi connectivity index (χ1n) is 6.29. The predicted octanol–water partition coefficient (Wildman–Crippen LogP) is 1.44.